The van der Waals surface area contributed by atoms with Gasteiger partial charge in [-0.3, -0.25) is 4.79 Å². The van der Waals surface area contributed by atoms with E-state index in [1.807, 2.05) is 6.07 Å². The van der Waals surface area contributed by atoms with Gasteiger partial charge in [0, 0.05) is 24.7 Å². The second-order valence-corrected chi connectivity index (χ2v) is 5.72. The fourth-order valence-electron chi connectivity index (χ4n) is 2.83. The summed E-state index contributed by atoms with van der Waals surface area (Å²) >= 11 is 0. The molecule has 2 aromatic rings. The van der Waals surface area contributed by atoms with Crippen LogP contribution in [0.25, 0.3) is 17.4 Å². The zero-order valence-electron chi connectivity index (χ0n) is 13.4. The number of furan rings is 1. The van der Waals surface area contributed by atoms with Crippen LogP contribution in [0.5, 0.6) is 0 Å². The molecule has 1 aromatic carbocycles. The number of likely N-dealkylation sites (tertiary alicyclic amines) is 1. The number of aromatic carboxylic acids is 1. The van der Waals surface area contributed by atoms with Crippen molar-refractivity contribution >= 4 is 18.0 Å². The lowest BCUT2D eigenvalue weighted by atomic mass is 10.1. The van der Waals surface area contributed by atoms with Gasteiger partial charge in [0.05, 0.1) is 5.56 Å². The maximum Gasteiger partial charge on any atom is 0.336 e. The number of carboxylic acids is 1. The van der Waals surface area contributed by atoms with Crippen LogP contribution >= 0.6 is 0 Å². The van der Waals surface area contributed by atoms with Crippen LogP contribution in [0.3, 0.4) is 0 Å². The number of amides is 1. The van der Waals surface area contributed by atoms with Gasteiger partial charge >= 0.3 is 5.97 Å². The quantitative estimate of drug-likeness (QED) is 0.683. The zero-order valence-corrected chi connectivity index (χ0v) is 13.4. The Hall–Kier alpha value is -3.33. The number of rotatable bonds is 4. The normalized spacial score (nSPS) is 14.4. The highest BCUT2D eigenvalue weighted by Gasteiger charge is 2.22. The summed E-state index contributed by atoms with van der Waals surface area (Å²) in [5.74, 6) is -0.649. The third kappa shape index (κ3) is 3.45. The van der Waals surface area contributed by atoms with Gasteiger partial charge in [0.2, 0.25) is 0 Å². The molecule has 2 heterocycles. The molecule has 0 atom stereocenters. The Morgan fingerprint density at radius 2 is 1.88 bits per heavy atom. The van der Waals surface area contributed by atoms with Crippen molar-refractivity contribution in [2.24, 2.45) is 0 Å². The summed E-state index contributed by atoms with van der Waals surface area (Å²) < 4.78 is 5.64. The minimum Gasteiger partial charge on any atom is -0.478 e. The lowest BCUT2D eigenvalue weighted by Crippen LogP contribution is -2.28. The van der Waals surface area contributed by atoms with E-state index in [1.165, 1.54) is 12.1 Å². The van der Waals surface area contributed by atoms with Crippen molar-refractivity contribution in [3.63, 3.8) is 0 Å². The van der Waals surface area contributed by atoms with Crippen LogP contribution < -0.4 is 0 Å². The van der Waals surface area contributed by atoms with E-state index in [0.717, 1.165) is 12.8 Å². The van der Waals surface area contributed by atoms with Crippen LogP contribution in [-0.4, -0.2) is 35.0 Å². The van der Waals surface area contributed by atoms with Crippen LogP contribution in [0.1, 0.15) is 29.0 Å². The van der Waals surface area contributed by atoms with Crippen LogP contribution in [0, 0.1) is 11.3 Å². The molecule has 0 radical (unpaired) electrons. The van der Waals surface area contributed by atoms with Crippen molar-refractivity contribution in [1.82, 2.24) is 4.90 Å². The molecule has 1 saturated heterocycles. The van der Waals surface area contributed by atoms with E-state index < -0.39 is 5.97 Å². The van der Waals surface area contributed by atoms with Crippen LogP contribution in [-0.2, 0) is 4.79 Å². The van der Waals surface area contributed by atoms with E-state index in [9.17, 15) is 20.0 Å². The van der Waals surface area contributed by atoms with E-state index in [-0.39, 0.29) is 17.0 Å². The Morgan fingerprint density at radius 3 is 2.56 bits per heavy atom. The molecule has 3 rings (SSSR count). The first kappa shape index (κ1) is 16.5. The first-order valence-corrected chi connectivity index (χ1v) is 7.94. The van der Waals surface area contributed by atoms with E-state index in [2.05, 4.69) is 0 Å². The van der Waals surface area contributed by atoms with Gasteiger partial charge in [-0.05, 0) is 31.0 Å². The second-order valence-electron chi connectivity index (χ2n) is 5.72. The third-order valence-corrected chi connectivity index (χ3v) is 4.08. The molecule has 0 saturated carbocycles. The number of carboxylic acid groups (broad SMARTS) is 1. The molecule has 25 heavy (non-hydrogen) atoms. The Balaban J connectivity index is 1.90. The number of carbonyl (C=O) groups excluding carboxylic acids is 1. The monoisotopic (exact) mass is 336 g/mol. The largest absolute Gasteiger partial charge is 0.478 e. The summed E-state index contributed by atoms with van der Waals surface area (Å²) in [6.07, 6.45) is 3.29. The molecule has 6 nitrogen and oxygen atoms in total. The molecule has 1 N–H and O–H groups in total. The van der Waals surface area contributed by atoms with Gasteiger partial charge in [0.1, 0.15) is 23.2 Å². The first-order chi connectivity index (χ1) is 12.1. The number of benzene rings is 1. The number of hydrogen-bond donors (Lipinski definition) is 1. The maximum absolute atomic E-state index is 12.3. The summed E-state index contributed by atoms with van der Waals surface area (Å²) in [4.78, 5) is 25.3. The molecule has 0 spiro atoms. The van der Waals surface area contributed by atoms with E-state index >= 15 is 0 Å². The number of carbonyl (C=O) groups is 2. The van der Waals surface area contributed by atoms with Gasteiger partial charge in [-0.15, -0.1) is 0 Å². The van der Waals surface area contributed by atoms with Gasteiger partial charge in [-0.25, -0.2) is 4.79 Å². The van der Waals surface area contributed by atoms with Gasteiger partial charge in [-0.2, -0.15) is 5.26 Å². The fourth-order valence-corrected chi connectivity index (χ4v) is 2.83. The predicted octanol–water partition coefficient (Wildman–Crippen LogP) is 3.17. The zero-order chi connectivity index (χ0) is 17.8. The Labute approximate surface area is 144 Å². The highest BCUT2D eigenvalue weighted by atomic mass is 16.4. The molecule has 1 aromatic heterocycles. The van der Waals surface area contributed by atoms with Gasteiger partial charge < -0.3 is 14.4 Å². The number of hydrogen-bond acceptors (Lipinski definition) is 4. The van der Waals surface area contributed by atoms with Crippen LogP contribution in [0.2, 0.25) is 0 Å². The Morgan fingerprint density at radius 1 is 1.16 bits per heavy atom. The molecule has 1 aliphatic rings. The van der Waals surface area contributed by atoms with Crippen molar-refractivity contribution in [2.75, 3.05) is 13.1 Å². The Bertz CT molecular complexity index is 883. The molecule has 1 fully saturated rings. The average Bonchev–Trinajstić information content (AvgIpc) is 3.31. The topological polar surface area (TPSA) is 94.5 Å². The van der Waals surface area contributed by atoms with Crippen molar-refractivity contribution in [3.8, 4) is 17.4 Å². The molecule has 0 aliphatic carbocycles. The van der Waals surface area contributed by atoms with Crippen molar-refractivity contribution in [1.29, 1.82) is 5.26 Å². The molecule has 1 amide bonds. The second kappa shape index (κ2) is 7.05. The molecular weight excluding hydrogens is 320 g/mol. The highest BCUT2D eigenvalue weighted by molar-refractivity contribution is 6.01. The van der Waals surface area contributed by atoms with Crippen LogP contribution in [0.15, 0.2) is 46.4 Å². The minimum absolute atomic E-state index is 0.00863. The number of nitrogens with zero attached hydrogens (tertiary/aromatic N) is 2. The summed E-state index contributed by atoms with van der Waals surface area (Å²) in [7, 11) is 0. The maximum atomic E-state index is 12.3. The molecule has 126 valence electrons. The third-order valence-electron chi connectivity index (χ3n) is 4.08. The lowest BCUT2D eigenvalue weighted by molar-refractivity contribution is -0.125. The van der Waals surface area contributed by atoms with Crippen molar-refractivity contribution < 1.29 is 19.1 Å². The summed E-state index contributed by atoms with van der Waals surface area (Å²) in [5, 5.41) is 18.5. The SMILES string of the molecule is N#C/C(=C\c1ccc(-c2ccccc2C(=O)O)o1)C(=O)N1CCCC1. The summed E-state index contributed by atoms with van der Waals surface area (Å²) in [6.45, 7) is 1.32. The fraction of sp³-hybridized carbons (Fsp3) is 0.211. The van der Waals surface area contributed by atoms with E-state index in [4.69, 9.17) is 4.42 Å². The standard InChI is InChI=1S/C19H16N2O4/c20-12-13(18(22)21-9-3-4-10-21)11-14-7-8-17(25-14)15-5-1-2-6-16(15)19(23)24/h1-2,5-8,11H,3-4,9-10H2,(H,23,24)/b13-11+. The molecule has 1 aliphatic heterocycles. The van der Waals surface area contributed by atoms with Crippen LogP contribution in [0.4, 0.5) is 0 Å². The smallest absolute Gasteiger partial charge is 0.336 e. The van der Waals surface area contributed by atoms with Gasteiger partial charge in [0.15, 0.2) is 0 Å². The van der Waals surface area contributed by atoms with Gasteiger partial charge in [0.25, 0.3) is 5.91 Å². The van der Waals surface area contributed by atoms with Crippen molar-refractivity contribution in [3.05, 3.63) is 53.3 Å². The van der Waals surface area contributed by atoms with E-state index in [0.29, 0.717) is 30.2 Å². The molecule has 6 heteroatoms. The van der Waals surface area contributed by atoms with Gasteiger partial charge in [-0.1, -0.05) is 18.2 Å². The first-order valence-electron chi connectivity index (χ1n) is 7.94. The highest BCUT2D eigenvalue weighted by Crippen LogP contribution is 2.27. The molecule has 0 bridgehead atoms. The lowest BCUT2D eigenvalue weighted by Gasteiger charge is -2.13. The molecule has 0 unspecified atom stereocenters. The average molecular weight is 336 g/mol. The minimum atomic E-state index is -1.05. The summed E-state index contributed by atoms with van der Waals surface area (Å²) in [5.41, 5.74) is 0.578. The Kier molecular flexibility index (Phi) is 4.66. The molecular formula is C19H16N2O4. The summed E-state index contributed by atoms with van der Waals surface area (Å²) in [6, 6.07) is 11.7. The number of nitriles is 1. The van der Waals surface area contributed by atoms with E-state index in [1.54, 1.807) is 35.2 Å². The van der Waals surface area contributed by atoms with Crippen molar-refractivity contribution in [2.45, 2.75) is 12.8 Å². The predicted molar refractivity (Wildman–Crippen MR) is 90.5 cm³/mol.